The largest absolute Gasteiger partial charge is 0.480 e. The quantitative estimate of drug-likeness (QED) is 0.113. The number of carbonyl (C=O) groups excluding carboxylic acids is 2. The summed E-state index contributed by atoms with van der Waals surface area (Å²) in [5, 5.41) is 11.9. The Kier molecular flexibility index (Phi) is 11.8. The maximum absolute atomic E-state index is 13.3. The van der Waals surface area contributed by atoms with Crippen molar-refractivity contribution in [3.05, 3.63) is 118 Å². The number of amides is 1. The van der Waals surface area contributed by atoms with Gasteiger partial charge < -0.3 is 10.4 Å². The van der Waals surface area contributed by atoms with Crippen LogP contribution in [0.25, 0.3) is 33.6 Å². The fourth-order valence-electron chi connectivity index (χ4n) is 5.67. The van der Waals surface area contributed by atoms with Crippen molar-refractivity contribution in [2.75, 3.05) is 0 Å². The standard InChI is InChI=1S/C42H45N3O4S/c1-6-7-8-28-9-13-30(14-10-28)31-17-19-32(20-18-31)35-25-43-39(44-26-35)33-15-11-29(12-16-33)23-34(40(47)45-27(2)41(48)49)24-36(46)37-21-22-38(50-37)42(3,4)5/h9-22,25-27,34H,6-8,23-24H2,1-5H3,(H,45,47)(H,48,49)/t27-,34-/m1/s1. The maximum atomic E-state index is 13.3. The number of aromatic nitrogens is 2. The number of Topliss-reactive ketones (excluding diaryl/α,β-unsaturated/α-hetero) is 1. The van der Waals surface area contributed by atoms with E-state index in [1.807, 2.05) is 48.8 Å². The molecule has 3 aromatic carbocycles. The van der Waals surface area contributed by atoms with E-state index in [1.54, 1.807) is 0 Å². The highest BCUT2D eigenvalue weighted by atomic mass is 32.1. The Morgan fingerprint density at radius 2 is 1.30 bits per heavy atom. The molecule has 2 heterocycles. The zero-order chi connectivity index (χ0) is 35.8. The number of thiophene rings is 1. The highest BCUT2D eigenvalue weighted by molar-refractivity contribution is 7.14. The van der Waals surface area contributed by atoms with Crippen molar-refractivity contribution in [3.63, 3.8) is 0 Å². The zero-order valence-electron chi connectivity index (χ0n) is 29.4. The second-order valence-electron chi connectivity index (χ2n) is 13.9. The smallest absolute Gasteiger partial charge is 0.325 e. The number of benzene rings is 3. The first-order valence-corrected chi connectivity index (χ1v) is 18.0. The molecule has 0 aliphatic rings. The number of hydrogen-bond donors (Lipinski definition) is 2. The molecule has 5 aromatic rings. The Hall–Kier alpha value is -4.95. The van der Waals surface area contributed by atoms with Crippen LogP contribution in [0.1, 0.15) is 79.6 Å². The molecule has 0 unspecified atom stereocenters. The third kappa shape index (κ3) is 9.39. The molecular formula is C42H45N3O4S. The summed E-state index contributed by atoms with van der Waals surface area (Å²) in [4.78, 5) is 48.9. The van der Waals surface area contributed by atoms with E-state index < -0.39 is 23.8 Å². The summed E-state index contributed by atoms with van der Waals surface area (Å²) in [5.41, 5.74) is 7.25. The molecule has 0 aliphatic carbocycles. The summed E-state index contributed by atoms with van der Waals surface area (Å²) in [6, 6.07) is 27.5. The van der Waals surface area contributed by atoms with Gasteiger partial charge in [0.1, 0.15) is 6.04 Å². The van der Waals surface area contributed by atoms with Crippen molar-refractivity contribution in [1.29, 1.82) is 0 Å². The number of hydrogen-bond acceptors (Lipinski definition) is 6. The zero-order valence-corrected chi connectivity index (χ0v) is 30.2. The Morgan fingerprint density at radius 1 is 0.760 bits per heavy atom. The van der Waals surface area contributed by atoms with Crippen LogP contribution in [0.3, 0.4) is 0 Å². The molecule has 258 valence electrons. The third-order valence-electron chi connectivity index (χ3n) is 8.82. The SMILES string of the molecule is CCCCc1ccc(-c2ccc(-c3cnc(-c4ccc(C[C@H](CC(=O)c5ccc(C(C)(C)C)s5)C(=O)N[C@H](C)C(=O)O)cc4)nc3)cc2)cc1. The van der Waals surface area contributed by atoms with E-state index in [2.05, 4.69) is 91.5 Å². The molecule has 7 nitrogen and oxygen atoms in total. The molecule has 8 heteroatoms. The van der Waals surface area contributed by atoms with Crippen molar-refractivity contribution in [1.82, 2.24) is 15.3 Å². The predicted molar refractivity (Wildman–Crippen MR) is 201 cm³/mol. The number of aryl methyl sites for hydroxylation is 1. The molecule has 50 heavy (non-hydrogen) atoms. The van der Waals surface area contributed by atoms with E-state index in [0.717, 1.165) is 39.1 Å². The van der Waals surface area contributed by atoms with E-state index in [0.29, 0.717) is 10.7 Å². The first-order chi connectivity index (χ1) is 23.9. The third-order valence-corrected chi connectivity index (χ3v) is 10.4. The minimum Gasteiger partial charge on any atom is -0.480 e. The van der Waals surface area contributed by atoms with Crippen molar-refractivity contribution in [3.8, 4) is 33.6 Å². The number of ketones is 1. The minimum absolute atomic E-state index is 0.0269. The molecule has 0 saturated carbocycles. The summed E-state index contributed by atoms with van der Waals surface area (Å²) in [6.45, 7) is 9.90. The van der Waals surface area contributed by atoms with Crippen LogP contribution in [0.2, 0.25) is 0 Å². The van der Waals surface area contributed by atoms with Gasteiger partial charge >= 0.3 is 5.97 Å². The molecule has 0 fully saturated rings. The summed E-state index contributed by atoms with van der Waals surface area (Å²) >= 11 is 1.44. The molecule has 1 amide bonds. The van der Waals surface area contributed by atoms with Gasteiger partial charge in [-0.2, -0.15) is 0 Å². The van der Waals surface area contributed by atoms with Gasteiger partial charge in [-0.25, -0.2) is 9.97 Å². The van der Waals surface area contributed by atoms with Gasteiger partial charge in [-0.3, -0.25) is 14.4 Å². The van der Waals surface area contributed by atoms with Gasteiger partial charge in [0, 0.05) is 40.7 Å². The topological polar surface area (TPSA) is 109 Å². The first-order valence-electron chi connectivity index (χ1n) is 17.2. The maximum Gasteiger partial charge on any atom is 0.325 e. The number of carboxylic acids is 1. The van der Waals surface area contributed by atoms with Gasteiger partial charge in [-0.05, 0) is 71.6 Å². The average Bonchev–Trinajstić information content (AvgIpc) is 3.63. The van der Waals surface area contributed by atoms with Crippen LogP contribution in [0.4, 0.5) is 0 Å². The van der Waals surface area contributed by atoms with Gasteiger partial charge in [0.15, 0.2) is 11.6 Å². The lowest BCUT2D eigenvalue weighted by atomic mass is 9.92. The molecule has 5 rings (SSSR count). The Balaban J connectivity index is 1.25. The van der Waals surface area contributed by atoms with Crippen LogP contribution >= 0.6 is 11.3 Å². The van der Waals surface area contributed by atoms with Gasteiger partial charge in [0.25, 0.3) is 0 Å². The van der Waals surface area contributed by atoms with Crippen LogP contribution in [-0.2, 0) is 27.8 Å². The molecular weight excluding hydrogens is 643 g/mol. The summed E-state index contributed by atoms with van der Waals surface area (Å²) in [7, 11) is 0. The van der Waals surface area contributed by atoms with Crippen molar-refractivity contribution >= 4 is 29.0 Å². The number of rotatable bonds is 14. The number of carbonyl (C=O) groups is 3. The van der Waals surface area contributed by atoms with Gasteiger partial charge in [0.05, 0.1) is 4.88 Å². The van der Waals surface area contributed by atoms with Crippen molar-refractivity contribution < 1.29 is 19.5 Å². The second kappa shape index (κ2) is 16.2. The van der Waals surface area contributed by atoms with Crippen LogP contribution in [-0.4, -0.2) is 38.8 Å². The molecule has 0 spiro atoms. The molecule has 2 atom stereocenters. The normalized spacial score (nSPS) is 12.7. The highest BCUT2D eigenvalue weighted by Crippen LogP contribution is 2.31. The van der Waals surface area contributed by atoms with E-state index in [9.17, 15) is 19.5 Å². The first kappa shape index (κ1) is 36.3. The molecule has 0 radical (unpaired) electrons. The summed E-state index contributed by atoms with van der Waals surface area (Å²) in [6.07, 6.45) is 7.40. The Labute approximate surface area is 298 Å². The average molecular weight is 688 g/mol. The van der Waals surface area contributed by atoms with Gasteiger partial charge in [-0.1, -0.05) is 107 Å². The van der Waals surface area contributed by atoms with Gasteiger partial charge in [-0.15, -0.1) is 11.3 Å². The van der Waals surface area contributed by atoms with Crippen LogP contribution in [0.5, 0.6) is 0 Å². The lowest BCUT2D eigenvalue weighted by Crippen LogP contribution is -2.42. The summed E-state index contributed by atoms with van der Waals surface area (Å²) in [5.74, 6) is -1.89. The molecule has 0 bridgehead atoms. The van der Waals surface area contributed by atoms with Crippen molar-refractivity contribution in [2.45, 2.75) is 78.2 Å². The predicted octanol–water partition coefficient (Wildman–Crippen LogP) is 9.20. The van der Waals surface area contributed by atoms with E-state index in [1.165, 1.54) is 42.2 Å². The molecule has 0 aliphatic heterocycles. The fourth-order valence-corrected chi connectivity index (χ4v) is 6.68. The lowest BCUT2D eigenvalue weighted by molar-refractivity contribution is -0.141. The molecule has 2 N–H and O–H groups in total. The van der Waals surface area contributed by atoms with Crippen LogP contribution in [0.15, 0.2) is 97.3 Å². The number of nitrogens with zero attached hydrogens (tertiary/aromatic N) is 2. The summed E-state index contributed by atoms with van der Waals surface area (Å²) < 4.78 is 0. The number of aliphatic carboxylic acids is 1. The van der Waals surface area contributed by atoms with E-state index in [-0.39, 0.29) is 24.0 Å². The van der Waals surface area contributed by atoms with Crippen molar-refractivity contribution in [2.24, 2.45) is 5.92 Å². The molecule has 0 saturated heterocycles. The Morgan fingerprint density at radius 3 is 1.84 bits per heavy atom. The Bertz CT molecular complexity index is 1910. The van der Waals surface area contributed by atoms with Crippen LogP contribution in [0, 0.1) is 5.92 Å². The van der Waals surface area contributed by atoms with E-state index in [4.69, 9.17) is 0 Å². The highest BCUT2D eigenvalue weighted by Gasteiger charge is 2.27. The monoisotopic (exact) mass is 687 g/mol. The lowest BCUT2D eigenvalue weighted by Gasteiger charge is -2.18. The number of carboxylic acid groups (broad SMARTS) is 1. The van der Waals surface area contributed by atoms with Crippen LogP contribution < -0.4 is 5.32 Å². The minimum atomic E-state index is -1.13. The fraction of sp³-hybridized carbons (Fsp3) is 0.310. The number of nitrogens with one attached hydrogen (secondary N) is 1. The second-order valence-corrected chi connectivity index (χ2v) is 15.0. The number of unbranched alkanes of at least 4 members (excludes halogenated alkanes) is 1. The molecule has 2 aromatic heterocycles. The van der Waals surface area contributed by atoms with E-state index >= 15 is 0 Å². The van der Waals surface area contributed by atoms with Gasteiger partial charge in [0.2, 0.25) is 5.91 Å².